The van der Waals surface area contributed by atoms with E-state index in [1.807, 2.05) is 47.4 Å². The highest BCUT2D eigenvalue weighted by atomic mass is 16.2. The van der Waals surface area contributed by atoms with Crippen LogP contribution in [0.1, 0.15) is 44.1 Å². The summed E-state index contributed by atoms with van der Waals surface area (Å²) in [6, 6.07) is 17.8. The Bertz CT molecular complexity index is 852. The molecule has 4 rings (SSSR count). The van der Waals surface area contributed by atoms with Crippen molar-refractivity contribution in [3.05, 3.63) is 60.2 Å². The highest BCUT2D eigenvalue weighted by molar-refractivity contribution is 5.92. The molecule has 1 saturated carbocycles. The second kappa shape index (κ2) is 10.5. The predicted octanol–water partition coefficient (Wildman–Crippen LogP) is 4.49. The number of rotatable bonds is 7. The van der Waals surface area contributed by atoms with Crippen molar-refractivity contribution in [2.75, 3.05) is 36.4 Å². The summed E-state index contributed by atoms with van der Waals surface area (Å²) in [5.41, 5.74) is 2.96. The van der Waals surface area contributed by atoms with Gasteiger partial charge in [0.05, 0.1) is 6.42 Å². The van der Waals surface area contributed by atoms with Crippen LogP contribution in [0.25, 0.3) is 0 Å². The summed E-state index contributed by atoms with van der Waals surface area (Å²) in [6.45, 7) is 3.29. The molecule has 2 aromatic rings. The second-order valence-corrected chi connectivity index (χ2v) is 8.81. The maximum absolute atomic E-state index is 12.5. The Morgan fingerprint density at radius 2 is 1.55 bits per heavy atom. The highest BCUT2D eigenvalue weighted by Crippen LogP contribution is 2.29. The lowest BCUT2D eigenvalue weighted by atomic mass is 10.0. The van der Waals surface area contributed by atoms with E-state index in [4.69, 9.17) is 0 Å². The molecule has 1 saturated heterocycles. The van der Waals surface area contributed by atoms with Crippen molar-refractivity contribution < 1.29 is 9.59 Å². The summed E-state index contributed by atoms with van der Waals surface area (Å²) < 4.78 is 0. The van der Waals surface area contributed by atoms with Crippen LogP contribution in [0.2, 0.25) is 0 Å². The average Bonchev–Trinajstić information content (AvgIpc) is 3.32. The summed E-state index contributed by atoms with van der Waals surface area (Å²) in [6.07, 6.45) is 7.45. The normalized spacial score (nSPS) is 17.0. The Morgan fingerprint density at radius 1 is 0.871 bits per heavy atom. The smallest absolute Gasteiger partial charge is 0.228 e. The molecule has 1 aliphatic carbocycles. The van der Waals surface area contributed by atoms with Gasteiger partial charge in [0.25, 0.3) is 0 Å². The molecular weight excluding hydrogens is 386 g/mol. The summed E-state index contributed by atoms with van der Waals surface area (Å²) in [7, 11) is 0. The topological polar surface area (TPSA) is 52.7 Å². The van der Waals surface area contributed by atoms with Gasteiger partial charge in [0.15, 0.2) is 0 Å². The van der Waals surface area contributed by atoms with Crippen LogP contribution >= 0.6 is 0 Å². The zero-order valence-corrected chi connectivity index (χ0v) is 18.3. The van der Waals surface area contributed by atoms with Crippen molar-refractivity contribution in [2.45, 2.75) is 44.9 Å². The monoisotopic (exact) mass is 419 g/mol. The number of carbonyl (C=O) groups excluding carboxylic acids is 2. The van der Waals surface area contributed by atoms with Gasteiger partial charge in [-0.05, 0) is 42.2 Å². The van der Waals surface area contributed by atoms with E-state index in [1.54, 1.807) is 0 Å². The number of hydrogen-bond acceptors (Lipinski definition) is 3. The van der Waals surface area contributed by atoms with Crippen molar-refractivity contribution in [1.82, 2.24) is 4.90 Å². The summed E-state index contributed by atoms with van der Waals surface area (Å²) in [4.78, 5) is 29.1. The van der Waals surface area contributed by atoms with Crippen molar-refractivity contribution in [2.24, 2.45) is 5.92 Å². The van der Waals surface area contributed by atoms with Crippen LogP contribution in [0, 0.1) is 5.92 Å². The van der Waals surface area contributed by atoms with E-state index in [9.17, 15) is 9.59 Å². The van der Waals surface area contributed by atoms with Gasteiger partial charge in [0, 0.05) is 44.0 Å². The van der Waals surface area contributed by atoms with Gasteiger partial charge < -0.3 is 15.1 Å². The summed E-state index contributed by atoms with van der Waals surface area (Å²) in [5, 5.41) is 2.97. The second-order valence-electron chi connectivity index (χ2n) is 8.81. The van der Waals surface area contributed by atoms with Crippen LogP contribution in [-0.4, -0.2) is 42.9 Å². The SMILES string of the molecule is O=C(Cc1ccccc1)Nc1ccc(N2CCN(C(=O)CCC3CCCC3)CC2)cc1. The number of nitrogens with one attached hydrogen (secondary N) is 1. The minimum absolute atomic E-state index is 0.0105. The van der Waals surface area contributed by atoms with Crippen molar-refractivity contribution in [3.63, 3.8) is 0 Å². The van der Waals surface area contributed by atoms with Crippen LogP contribution in [0.4, 0.5) is 11.4 Å². The molecule has 5 heteroatoms. The van der Waals surface area contributed by atoms with Crippen molar-refractivity contribution >= 4 is 23.2 Å². The molecule has 2 amide bonds. The first-order chi connectivity index (χ1) is 15.2. The molecule has 0 spiro atoms. The first kappa shape index (κ1) is 21.4. The molecule has 0 bridgehead atoms. The quantitative estimate of drug-likeness (QED) is 0.720. The van der Waals surface area contributed by atoms with Gasteiger partial charge in [-0.2, -0.15) is 0 Å². The first-order valence-corrected chi connectivity index (χ1v) is 11.6. The summed E-state index contributed by atoms with van der Waals surface area (Å²) in [5.74, 6) is 1.09. The van der Waals surface area contributed by atoms with Gasteiger partial charge in [0.1, 0.15) is 0 Å². The number of anilines is 2. The Kier molecular flexibility index (Phi) is 7.23. The van der Waals surface area contributed by atoms with E-state index < -0.39 is 0 Å². The van der Waals surface area contributed by atoms with Gasteiger partial charge in [0.2, 0.25) is 11.8 Å². The van der Waals surface area contributed by atoms with Crippen molar-refractivity contribution in [3.8, 4) is 0 Å². The lowest BCUT2D eigenvalue weighted by Crippen LogP contribution is -2.48. The standard InChI is InChI=1S/C26H33N3O2/c30-25(20-22-8-2-1-3-9-22)27-23-11-13-24(14-12-23)28-16-18-29(19-17-28)26(31)15-10-21-6-4-5-7-21/h1-3,8-9,11-14,21H,4-7,10,15-20H2,(H,27,30). The fourth-order valence-electron chi connectivity index (χ4n) is 4.74. The van der Waals surface area contributed by atoms with E-state index >= 15 is 0 Å². The molecule has 2 fully saturated rings. The van der Waals surface area contributed by atoms with Crippen LogP contribution < -0.4 is 10.2 Å². The van der Waals surface area contributed by atoms with Crippen LogP contribution in [0.3, 0.4) is 0 Å². The Hall–Kier alpha value is -2.82. The largest absolute Gasteiger partial charge is 0.368 e. The van der Waals surface area contributed by atoms with Gasteiger partial charge in [-0.3, -0.25) is 9.59 Å². The first-order valence-electron chi connectivity index (χ1n) is 11.6. The fraction of sp³-hybridized carbons (Fsp3) is 0.462. The fourth-order valence-corrected chi connectivity index (χ4v) is 4.74. The van der Waals surface area contributed by atoms with E-state index in [0.29, 0.717) is 18.7 Å². The van der Waals surface area contributed by atoms with E-state index in [1.165, 1.54) is 25.7 Å². The van der Waals surface area contributed by atoms with Gasteiger partial charge in [-0.25, -0.2) is 0 Å². The Labute approximate surface area is 185 Å². The molecule has 31 heavy (non-hydrogen) atoms. The average molecular weight is 420 g/mol. The Morgan fingerprint density at radius 3 is 2.23 bits per heavy atom. The van der Waals surface area contributed by atoms with Crippen LogP contribution in [-0.2, 0) is 16.0 Å². The van der Waals surface area contributed by atoms with E-state index in [-0.39, 0.29) is 5.91 Å². The third-order valence-corrected chi connectivity index (χ3v) is 6.60. The van der Waals surface area contributed by atoms with Crippen LogP contribution in [0.15, 0.2) is 54.6 Å². The van der Waals surface area contributed by atoms with Gasteiger partial charge in [-0.1, -0.05) is 56.0 Å². The number of carbonyl (C=O) groups is 2. The van der Waals surface area contributed by atoms with E-state index in [2.05, 4.69) is 22.3 Å². The zero-order valence-electron chi connectivity index (χ0n) is 18.3. The third kappa shape index (κ3) is 6.09. The molecule has 2 aliphatic rings. The molecule has 164 valence electrons. The molecule has 1 aliphatic heterocycles. The predicted molar refractivity (Wildman–Crippen MR) is 125 cm³/mol. The maximum Gasteiger partial charge on any atom is 0.228 e. The lowest BCUT2D eigenvalue weighted by molar-refractivity contribution is -0.131. The minimum Gasteiger partial charge on any atom is -0.368 e. The number of nitrogens with zero attached hydrogens (tertiary/aromatic N) is 2. The minimum atomic E-state index is -0.0105. The van der Waals surface area contributed by atoms with Crippen LogP contribution in [0.5, 0.6) is 0 Å². The number of benzene rings is 2. The molecule has 2 aromatic carbocycles. The number of hydrogen-bond donors (Lipinski definition) is 1. The lowest BCUT2D eigenvalue weighted by Gasteiger charge is -2.36. The Balaban J connectivity index is 1.21. The summed E-state index contributed by atoms with van der Waals surface area (Å²) >= 11 is 0. The third-order valence-electron chi connectivity index (χ3n) is 6.60. The van der Waals surface area contributed by atoms with Gasteiger partial charge >= 0.3 is 0 Å². The van der Waals surface area contributed by atoms with Gasteiger partial charge in [-0.15, -0.1) is 0 Å². The molecule has 0 atom stereocenters. The zero-order chi connectivity index (χ0) is 21.5. The molecule has 5 nitrogen and oxygen atoms in total. The molecule has 0 aromatic heterocycles. The highest BCUT2D eigenvalue weighted by Gasteiger charge is 2.23. The molecular formula is C26H33N3O2. The number of piperazine rings is 1. The molecule has 1 N–H and O–H groups in total. The molecule has 0 radical (unpaired) electrons. The van der Waals surface area contributed by atoms with Crippen molar-refractivity contribution in [1.29, 1.82) is 0 Å². The molecule has 1 heterocycles. The maximum atomic E-state index is 12.5. The van der Waals surface area contributed by atoms with E-state index in [0.717, 1.165) is 55.5 Å². The number of amides is 2. The molecule has 0 unspecified atom stereocenters.